The Bertz CT molecular complexity index is 529. The molecule has 0 atom stereocenters. The molecule has 0 amide bonds. The first kappa shape index (κ1) is 14.6. The van der Waals surface area contributed by atoms with Crippen LogP contribution in [-0.2, 0) is 25.5 Å². The van der Waals surface area contributed by atoms with E-state index < -0.39 is 63.2 Å². The molecular weight excluding hydrogens is 365 g/mol. The van der Waals surface area contributed by atoms with Gasteiger partial charge in [-0.15, -0.1) is 0 Å². The van der Waals surface area contributed by atoms with Gasteiger partial charge in [-0.25, -0.2) is 8.78 Å². The molecule has 1 aromatic carbocycles. The number of aliphatic carboxylic acids is 2. The summed E-state index contributed by atoms with van der Waals surface area (Å²) in [7, 11) is 0. The molecule has 0 aliphatic carbocycles. The molecule has 0 fully saturated rings. The molecule has 0 saturated carbocycles. The van der Waals surface area contributed by atoms with Crippen LogP contribution >= 0.6 is 21.2 Å². The molecule has 0 saturated heterocycles. The molecule has 0 spiro atoms. The summed E-state index contributed by atoms with van der Waals surface area (Å²) in [6.07, 6.45) is -1.48. The predicted octanol–water partition coefficient (Wildman–Crippen LogP) is 1.70. The highest BCUT2D eigenvalue weighted by molar-refractivity contribution is 14.1. The maximum absolute atomic E-state index is 13.4. The summed E-state index contributed by atoms with van der Waals surface area (Å²) in [6, 6.07) is 0.641. The van der Waals surface area contributed by atoms with Gasteiger partial charge in [0.1, 0.15) is 0 Å². The Morgan fingerprint density at radius 2 is 1.72 bits per heavy atom. The molecule has 8 heteroatoms. The van der Waals surface area contributed by atoms with Crippen LogP contribution in [0.2, 0.25) is 0 Å². The van der Waals surface area contributed by atoms with E-state index in [-0.39, 0.29) is 9.13 Å². The van der Waals surface area contributed by atoms with E-state index in [9.17, 15) is 21.4 Å². The standard InChI is InChI=1S/C10H7F2IO5/c11-6-1-4(2-7(14)15)10(13-18)5(9(6)12)3-8(16)17/h1H,2-3H2,(H,14,15)(H,16,17). The van der Waals surface area contributed by atoms with Gasteiger partial charge in [0.25, 0.3) is 0 Å². The average molecular weight is 372 g/mol. The Kier molecular flexibility index (Phi) is 4.82. The first-order valence-electron chi connectivity index (χ1n) is 4.57. The van der Waals surface area contributed by atoms with Crippen molar-refractivity contribution in [1.82, 2.24) is 0 Å². The Labute approximate surface area is 110 Å². The highest BCUT2D eigenvalue weighted by Gasteiger charge is 2.21. The zero-order valence-corrected chi connectivity index (χ0v) is 10.9. The molecular formula is C10H7F2IO5. The van der Waals surface area contributed by atoms with Crippen molar-refractivity contribution in [2.24, 2.45) is 0 Å². The number of rotatable bonds is 5. The summed E-state index contributed by atoms with van der Waals surface area (Å²) < 4.78 is 37.5. The van der Waals surface area contributed by atoms with Crippen molar-refractivity contribution in [2.45, 2.75) is 12.8 Å². The molecule has 0 unspecified atom stereocenters. The van der Waals surface area contributed by atoms with Gasteiger partial charge in [-0.2, -0.15) is 0 Å². The molecule has 5 nitrogen and oxygen atoms in total. The van der Waals surface area contributed by atoms with E-state index in [0.717, 1.165) is 0 Å². The van der Waals surface area contributed by atoms with Gasteiger partial charge < -0.3 is 10.2 Å². The van der Waals surface area contributed by atoms with Crippen molar-refractivity contribution in [2.75, 3.05) is 0 Å². The van der Waals surface area contributed by atoms with E-state index in [4.69, 9.17) is 10.2 Å². The number of carbonyl (C=O) groups is 2. The minimum Gasteiger partial charge on any atom is -0.481 e. The number of benzene rings is 1. The highest BCUT2D eigenvalue weighted by Crippen LogP contribution is 2.27. The topological polar surface area (TPSA) is 91.7 Å². The second kappa shape index (κ2) is 5.94. The molecule has 18 heavy (non-hydrogen) atoms. The van der Waals surface area contributed by atoms with Crippen LogP contribution < -0.4 is 0 Å². The smallest absolute Gasteiger partial charge is 0.307 e. The van der Waals surface area contributed by atoms with Crippen LogP contribution in [-0.4, -0.2) is 22.2 Å². The van der Waals surface area contributed by atoms with Gasteiger partial charge in [0.2, 0.25) is 0 Å². The first-order valence-corrected chi connectivity index (χ1v) is 6.53. The maximum Gasteiger partial charge on any atom is 0.307 e. The van der Waals surface area contributed by atoms with Crippen LogP contribution in [0.5, 0.6) is 0 Å². The fourth-order valence-corrected chi connectivity index (χ4v) is 2.73. The highest BCUT2D eigenvalue weighted by atomic mass is 127. The monoisotopic (exact) mass is 372 g/mol. The van der Waals surface area contributed by atoms with E-state index in [1.165, 1.54) is 0 Å². The number of hydrogen-bond acceptors (Lipinski definition) is 3. The van der Waals surface area contributed by atoms with E-state index in [2.05, 4.69) is 0 Å². The molecule has 2 N–H and O–H groups in total. The fraction of sp³-hybridized carbons (Fsp3) is 0.200. The van der Waals surface area contributed by atoms with Gasteiger partial charge in [-0.1, -0.05) is 0 Å². The summed E-state index contributed by atoms with van der Waals surface area (Å²) in [5.74, 6) is -5.46. The quantitative estimate of drug-likeness (QED) is 0.607. The van der Waals surface area contributed by atoms with Crippen molar-refractivity contribution < 1.29 is 31.7 Å². The summed E-state index contributed by atoms with van der Waals surface area (Å²) in [4.78, 5) is 21.1. The third kappa shape index (κ3) is 3.28. The van der Waals surface area contributed by atoms with Crippen LogP contribution in [0.4, 0.5) is 8.78 Å². The van der Waals surface area contributed by atoms with Crippen molar-refractivity contribution in [1.29, 1.82) is 0 Å². The molecule has 0 aliphatic rings. The lowest BCUT2D eigenvalue weighted by Crippen LogP contribution is -2.11. The second-order valence-corrected chi connectivity index (χ2v) is 4.86. The lowest BCUT2D eigenvalue weighted by Gasteiger charge is -2.09. The molecule has 0 radical (unpaired) electrons. The normalized spacial score (nSPS) is 10.3. The van der Waals surface area contributed by atoms with Gasteiger partial charge in [0.05, 0.1) is 16.4 Å². The summed E-state index contributed by atoms with van der Waals surface area (Å²) in [5.41, 5.74) is -0.693. The van der Waals surface area contributed by atoms with Gasteiger partial charge in [0.15, 0.2) is 32.8 Å². The molecule has 1 aromatic rings. The average Bonchev–Trinajstić information content (AvgIpc) is 2.24. The van der Waals surface area contributed by atoms with Gasteiger partial charge in [0, 0.05) is 5.56 Å². The predicted molar refractivity (Wildman–Crippen MR) is 62.4 cm³/mol. The van der Waals surface area contributed by atoms with E-state index >= 15 is 0 Å². The summed E-state index contributed by atoms with van der Waals surface area (Å²) in [5, 5.41) is 17.2. The maximum atomic E-state index is 13.4. The zero-order valence-electron chi connectivity index (χ0n) is 8.74. The first-order chi connectivity index (χ1) is 8.36. The number of carboxylic acids is 2. The Morgan fingerprint density at radius 3 is 2.17 bits per heavy atom. The van der Waals surface area contributed by atoms with Crippen LogP contribution in [0.25, 0.3) is 0 Å². The van der Waals surface area contributed by atoms with Crippen molar-refractivity contribution in [3.8, 4) is 0 Å². The third-order valence-corrected chi connectivity index (χ3v) is 3.85. The van der Waals surface area contributed by atoms with Crippen LogP contribution in [0.15, 0.2) is 6.07 Å². The van der Waals surface area contributed by atoms with Crippen molar-refractivity contribution in [3.05, 3.63) is 32.4 Å². The van der Waals surface area contributed by atoms with Gasteiger partial charge in [-0.3, -0.25) is 12.7 Å². The molecule has 0 heterocycles. The largest absolute Gasteiger partial charge is 0.481 e. The minimum atomic E-state index is -2.01. The van der Waals surface area contributed by atoms with Crippen LogP contribution in [0, 0.1) is 15.2 Å². The SMILES string of the molecule is O=Ic1c(CC(=O)O)cc(F)c(F)c1CC(=O)O. The Morgan fingerprint density at radius 1 is 1.17 bits per heavy atom. The fourth-order valence-electron chi connectivity index (χ4n) is 1.41. The number of halogens is 3. The summed E-state index contributed by atoms with van der Waals surface area (Å²) in [6.45, 7) is 0. The Hall–Kier alpha value is -1.45. The van der Waals surface area contributed by atoms with Crippen LogP contribution in [0.1, 0.15) is 11.1 Å². The molecule has 98 valence electrons. The lowest BCUT2D eigenvalue weighted by atomic mass is 10.0. The zero-order chi connectivity index (χ0) is 13.9. The minimum absolute atomic E-state index is 0.152. The van der Waals surface area contributed by atoms with Gasteiger partial charge >= 0.3 is 11.9 Å². The molecule has 1 rings (SSSR count). The molecule has 0 aromatic heterocycles. The second-order valence-electron chi connectivity index (χ2n) is 3.34. The third-order valence-electron chi connectivity index (χ3n) is 2.07. The summed E-state index contributed by atoms with van der Waals surface area (Å²) >= 11 is -2.01. The lowest BCUT2D eigenvalue weighted by molar-refractivity contribution is -0.137. The van der Waals surface area contributed by atoms with E-state index in [1.807, 2.05) is 0 Å². The van der Waals surface area contributed by atoms with Crippen molar-refractivity contribution >= 4 is 33.1 Å². The molecule has 0 aliphatic heterocycles. The van der Waals surface area contributed by atoms with Crippen LogP contribution in [0.3, 0.4) is 0 Å². The molecule has 0 bridgehead atoms. The van der Waals surface area contributed by atoms with Gasteiger partial charge in [-0.05, 0) is 11.6 Å². The number of carboxylic acid groups (broad SMARTS) is 2. The Balaban J connectivity index is 3.45. The number of hydrogen-bond donors (Lipinski definition) is 2. The van der Waals surface area contributed by atoms with Crippen molar-refractivity contribution in [3.63, 3.8) is 0 Å². The van der Waals surface area contributed by atoms with E-state index in [0.29, 0.717) is 6.07 Å². The van der Waals surface area contributed by atoms with E-state index in [1.54, 1.807) is 0 Å².